The van der Waals surface area contributed by atoms with Gasteiger partial charge in [-0.15, -0.1) is 0 Å². The lowest BCUT2D eigenvalue weighted by Crippen LogP contribution is -2.49. The van der Waals surface area contributed by atoms with Gasteiger partial charge in [-0.25, -0.2) is 18.4 Å². The molecular weight excluding hydrogens is 588 g/mol. The van der Waals surface area contributed by atoms with Crippen molar-refractivity contribution in [1.29, 1.82) is 0 Å². The summed E-state index contributed by atoms with van der Waals surface area (Å²) in [5.41, 5.74) is 3.23. The number of allylic oxidation sites excluding steroid dienone is 1. The number of nitrogens with zero attached hydrogens (tertiary/aromatic N) is 1. The van der Waals surface area contributed by atoms with Gasteiger partial charge in [-0.1, -0.05) is 36.2 Å². The topological polar surface area (TPSA) is 130 Å². The first-order valence-electron chi connectivity index (χ1n) is 15.4. The number of aliphatic hydroxyl groups excluding tert-OH is 1. The smallest absolute Gasteiger partial charge is 0.335 e. The normalized spacial score (nSPS) is 29.7. The second-order valence-electron chi connectivity index (χ2n) is 13.1. The Bertz CT molecular complexity index is 1510. The zero-order chi connectivity index (χ0) is 30.4. The molecule has 0 bridgehead atoms. The number of carboxylic acids is 1. The molecule has 0 radical (unpaired) electrons. The van der Waals surface area contributed by atoms with Gasteiger partial charge in [0.05, 0.1) is 29.2 Å². The standard InChI is InChI=1S/C33H41ClN2O6S/c34-25-9-11-28-22(16-25)4-2-14-33(28)19-36(29-17-23(32(38)39)8-13-31(29)42-20-33)18-24-7-10-27(24)30(37)12-6-21-3-1-5-26(15-21)43(35,40)41/h6,8-9,11-13,16-17,21,24,26-27,30,37H,1-5,7,10,14-15,18-20H2,(H,38,39)(H2,35,40,41)/b12-6+/t21?,24-,26-,27+,30-,33-/m0/s1. The molecule has 232 valence electrons. The number of sulfonamides is 1. The quantitative estimate of drug-likeness (QED) is 0.355. The van der Waals surface area contributed by atoms with Crippen LogP contribution < -0.4 is 14.8 Å². The van der Waals surface area contributed by atoms with Crippen LogP contribution in [0.15, 0.2) is 48.6 Å². The van der Waals surface area contributed by atoms with Crippen molar-refractivity contribution in [3.63, 3.8) is 0 Å². The van der Waals surface area contributed by atoms with E-state index in [4.69, 9.17) is 21.5 Å². The van der Waals surface area contributed by atoms with E-state index < -0.39 is 27.3 Å². The minimum Gasteiger partial charge on any atom is -0.490 e. The lowest BCUT2D eigenvalue weighted by molar-refractivity contribution is 0.0453. The fourth-order valence-corrected chi connectivity index (χ4v) is 9.07. The van der Waals surface area contributed by atoms with Crippen molar-refractivity contribution in [3.05, 3.63) is 70.3 Å². The molecule has 43 heavy (non-hydrogen) atoms. The molecule has 2 aromatic rings. The Balaban J connectivity index is 1.24. The van der Waals surface area contributed by atoms with E-state index in [1.165, 1.54) is 11.1 Å². The predicted octanol–water partition coefficient (Wildman–Crippen LogP) is 5.30. The molecule has 4 N–H and O–H groups in total. The number of hydrogen-bond acceptors (Lipinski definition) is 6. The summed E-state index contributed by atoms with van der Waals surface area (Å²) in [7, 11) is -3.56. The van der Waals surface area contributed by atoms with Gasteiger partial charge in [-0.05, 0) is 111 Å². The summed E-state index contributed by atoms with van der Waals surface area (Å²) in [6.07, 6.45) is 10.8. The highest BCUT2D eigenvalue weighted by molar-refractivity contribution is 7.89. The Morgan fingerprint density at radius 1 is 1.16 bits per heavy atom. The van der Waals surface area contributed by atoms with E-state index in [1.54, 1.807) is 18.2 Å². The zero-order valence-corrected chi connectivity index (χ0v) is 25.9. The van der Waals surface area contributed by atoms with E-state index in [0.717, 1.165) is 55.7 Å². The number of aliphatic hydroxyl groups is 1. The highest BCUT2D eigenvalue weighted by atomic mass is 35.5. The van der Waals surface area contributed by atoms with Crippen molar-refractivity contribution in [3.8, 4) is 5.75 Å². The molecule has 1 heterocycles. The molecule has 1 aliphatic heterocycles. The van der Waals surface area contributed by atoms with Crippen LogP contribution in [0.25, 0.3) is 0 Å². The number of anilines is 1. The maximum Gasteiger partial charge on any atom is 0.335 e. The fourth-order valence-electron chi connectivity index (χ4n) is 7.87. The van der Waals surface area contributed by atoms with E-state index in [0.29, 0.717) is 38.3 Å². The average Bonchev–Trinajstić information content (AvgIpc) is 3.10. The third kappa shape index (κ3) is 6.32. The van der Waals surface area contributed by atoms with Crippen LogP contribution in [0.4, 0.5) is 5.69 Å². The molecule has 4 aliphatic rings. The number of carboxylic acid groups (broad SMARTS) is 1. The molecule has 0 amide bonds. The number of benzene rings is 2. The molecule has 8 nitrogen and oxygen atoms in total. The van der Waals surface area contributed by atoms with E-state index in [-0.39, 0.29) is 28.7 Å². The molecule has 6 atom stereocenters. The molecule has 1 spiro atoms. The first kappa shape index (κ1) is 30.4. The molecule has 0 saturated heterocycles. The Morgan fingerprint density at radius 2 is 2.00 bits per heavy atom. The monoisotopic (exact) mass is 628 g/mol. The van der Waals surface area contributed by atoms with Gasteiger partial charge in [0.15, 0.2) is 0 Å². The largest absolute Gasteiger partial charge is 0.490 e. The Labute approximate surface area is 258 Å². The fraction of sp³-hybridized carbons (Fsp3) is 0.545. The van der Waals surface area contributed by atoms with E-state index in [1.807, 2.05) is 18.2 Å². The van der Waals surface area contributed by atoms with Gasteiger partial charge in [-0.3, -0.25) is 0 Å². The van der Waals surface area contributed by atoms with Gasteiger partial charge in [0.1, 0.15) is 5.75 Å². The first-order chi connectivity index (χ1) is 20.5. The lowest BCUT2D eigenvalue weighted by atomic mass is 9.68. The van der Waals surface area contributed by atoms with Crippen LogP contribution in [0.2, 0.25) is 5.02 Å². The SMILES string of the molecule is NS(=O)(=O)[C@H]1CCCC(/C=C/[C@H](O)[C@@H]2CC[C@H]2CN2C[C@@]3(CCCc4cc(Cl)ccc43)COc3ccc(C(=O)O)cc32)C1. The van der Waals surface area contributed by atoms with Crippen LogP contribution in [0.5, 0.6) is 5.75 Å². The van der Waals surface area contributed by atoms with Crippen LogP contribution in [-0.4, -0.2) is 55.7 Å². The number of ether oxygens (including phenoxy) is 1. The van der Waals surface area contributed by atoms with Gasteiger partial charge < -0.3 is 19.8 Å². The highest BCUT2D eigenvalue weighted by Gasteiger charge is 2.44. The number of hydrogen-bond donors (Lipinski definition) is 3. The van der Waals surface area contributed by atoms with Crippen molar-refractivity contribution in [2.45, 2.75) is 74.6 Å². The Hall–Kier alpha value is -2.59. The average molecular weight is 629 g/mol. The molecule has 2 saturated carbocycles. The van der Waals surface area contributed by atoms with Gasteiger partial charge >= 0.3 is 5.97 Å². The van der Waals surface area contributed by atoms with E-state index in [9.17, 15) is 23.4 Å². The summed E-state index contributed by atoms with van der Waals surface area (Å²) in [6, 6.07) is 11.2. The number of nitrogens with two attached hydrogens (primary N) is 1. The highest BCUT2D eigenvalue weighted by Crippen LogP contribution is 2.46. The van der Waals surface area contributed by atoms with Crippen LogP contribution >= 0.6 is 11.6 Å². The lowest BCUT2D eigenvalue weighted by Gasteiger charge is -2.45. The number of halogens is 1. The third-order valence-corrected chi connectivity index (χ3v) is 12.0. The molecule has 2 fully saturated rings. The van der Waals surface area contributed by atoms with Gasteiger partial charge in [0.2, 0.25) is 10.0 Å². The molecule has 0 aromatic heterocycles. The molecule has 6 rings (SSSR count). The maximum absolute atomic E-state index is 11.9. The van der Waals surface area contributed by atoms with Crippen LogP contribution in [-0.2, 0) is 21.9 Å². The van der Waals surface area contributed by atoms with E-state index >= 15 is 0 Å². The summed E-state index contributed by atoms with van der Waals surface area (Å²) in [5, 5.41) is 26.6. The van der Waals surface area contributed by atoms with Crippen LogP contribution in [0, 0.1) is 17.8 Å². The first-order valence-corrected chi connectivity index (χ1v) is 17.4. The van der Waals surface area contributed by atoms with Gasteiger partial charge in [0, 0.05) is 23.5 Å². The number of primary sulfonamides is 1. The molecule has 1 unspecified atom stereocenters. The zero-order valence-electron chi connectivity index (χ0n) is 24.3. The predicted molar refractivity (Wildman–Crippen MR) is 167 cm³/mol. The van der Waals surface area contributed by atoms with Crippen molar-refractivity contribution < 1.29 is 28.2 Å². The van der Waals surface area contributed by atoms with Gasteiger partial charge in [-0.2, -0.15) is 0 Å². The van der Waals surface area contributed by atoms with Crippen molar-refractivity contribution >= 4 is 33.3 Å². The van der Waals surface area contributed by atoms with Crippen LogP contribution in [0.1, 0.15) is 72.9 Å². The Kier molecular flexibility index (Phi) is 8.54. The molecule has 2 aromatic carbocycles. The number of carbonyl (C=O) groups is 1. The second-order valence-corrected chi connectivity index (χ2v) is 15.4. The summed E-state index contributed by atoms with van der Waals surface area (Å²) in [5.74, 6) is 0.0781. The van der Waals surface area contributed by atoms with Crippen molar-refractivity contribution in [1.82, 2.24) is 0 Å². The number of rotatable bonds is 7. The van der Waals surface area contributed by atoms with Crippen molar-refractivity contribution in [2.24, 2.45) is 22.9 Å². The Morgan fingerprint density at radius 3 is 2.74 bits per heavy atom. The summed E-state index contributed by atoms with van der Waals surface area (Å²) < 4.78 is 30.2. The molecule has 3 aliphatic carbocycles. The number of fused-ring (bicyclic) bond motifs is 3. The number of aromatic carboxylic acids is 1. The molecule has 10 heteroatoms. The summed E-state index contributed by atoms with van der Waals surface area (Å²) >= 11 is 6.37. The van der Waals surface area contributed by atoms with Crippen LogP contribution in [0.3, 0.4) is 0 Å². The minimum absolute atomic E-state index is 0.0672. The summed E-state index contributed by atoms with van der Waals surface area (Å²) in [4.78, 5) is 14.2. The van der Waals surface area contributed by atoms with Crippen molar-refractivity contribution in [2.75, 3.05) is 24.6 Å². The van der Waals surface area contributed by atoms with E-state index in [2.05, 4.69) is 17.0 Å². The second kappa shape index (κ2) is 12.1. The molecular formula is C33H41ClN2O6S. The maximum atomic E-state index is 11.9. The minimum atomic E-state index is -3.56. The third-order valence-electron chi connectivity index (χ3n) is 10.4. The number of aryl methyl sites for hydroxylation is 1. The summed E-state index contributed by atoms with van der Waals surface area (Å²) in [6.45, 7) is 1.86. The van der Waals surface area contributed by atoms with Gasteiger partial charge in [0.25, 0.3) is 0 Å².